The summed E-state index contributed by atoms with van der Waals surface area (Å²) in [6.45, 7) is 1.32. The molecule has 4 rings (SSSR count). The lowest BCUT2D eigenvalue weighted by Gasteiger charge is -2.28. The van der Waals surface area contributed by atoms with Crippen LogP contribution in [0.25, 0.3) is 0 Å². The van der Waals surface area contributed by atoms with Crippen LogP contribution in [0.1, 0.15) is 29.6 Å². The van der Waals surface area contributed by atoms with Gasteiger partial charge in [0.05, 0.1) is 12.6 Å². The second kappa shape index (κ2) is 4.97. The van der Waals surface area contributed by atoms with E-state index in [-0.39, 0.29) is 17.8 Å². The van der Waals surface area contributed by atoms with Gasteiger partial charge in [0.25, 0.3) is 0 Å². The normalized spacial score (nSPS) is 22.9. The highest BCUT2D eigenvalue weighted by Crippen LogP contribution is 2.38. The predicted octanol–water partition coefficient (Wildman–Crippen LogP) is 2.94. The van der Waals surface area contributed by atoms with Crippen LogP contribution < -0.4 is 14.8 Å². The maximum Gasteiger partial charge on any atom is 0.127 e. The summed E-state index contributed by atoms with van der Waals surface area (Å²) in [6.07, 6.45) is 0.945. The van der Waals surface area contributed by atoms with Gasteiger partial charge in [0.1, 0.15) is 23.9 Å². The predicted molar refractivity (Wildman–Crippen MR) is 78.8 cm³/mol. The molecule has 0 saturated heterocycles. The van der Waals surface area contributed by atoms with Gasteiger partial charge in [-0.15, -0.1) is 0 Å². The molecule has 0 aromatic heterocycles. The van der Waals surface area contributed by atoms with Crippen LogP contribution in [-0.2, 0) is 0 Å². The number of phenols is 1. The molecule has 0 fully saturated rings. The van der Waals surface area contributed by atoms with Crippen molar-refractivity contribution in [3.8, 4) is 17.2 Å². The lowest BCUT2D eigenvalue weighted by molar-refractivity contribution is 0.232. The molecule has 21 heavy (non-hydrogen) atoms. The Morgan fingerprint density at radius 2 is 1.81 bits per heavy atom. The molecule has 0 amide bonds. The van der Waals surface area contributed by atoms with Crippen LogP contribution in [0.2, 0.25) is 0 Å². The average Bonchev–Trinajstić information content (AvgIpc) is 2.90. The highest BCUT2D eigenvalue weighted by Gasteiger charge is 2.29. The van der Waals surface area contributed by atoms with Gasteiger partial charge < -0.3 is 14.6 Å². The molecule has 2 N–H and O–H groups in total. The van der Waals surface area contributed by atoms with Crippen molar-refractivity contribution in [2.45, 2.75) is 18.5 Å². The minimum absolute atomic E-state index is 0.150. The number of benzene rings is 2. The van der Waals surface area contributed by atoms with Crippen molar-refractivity contribution < 1.29 is 14.6 Å². The molecule has 0 aliphatic carbocycles. The van der Waals surface area contributed by atoms with E-state index in [2.05, 4.69) is 11.4 Å². The number of nitrogens with one attached hydrogen (secondary N) is 1. The van der Waals surface area contributed by atoms with Crippen molar-refractivity contribution in [2.75, 3.05) is 13.2 Å². The number of fused-ring (bicyclic) bond motifs is 2. The van der Waals surface area contributed by atoms with Crippen LogP contribution in [-0.4, -0.2) is 18.3 Å². The Labute approximate surface area is 123 Å². The fourth-order valence-corrected chi connectivity index (χ4v) is 3.09. The average molecular weight is 283 g/mol. The first-order valence-electron chi connectivity index (χ1n) is 7.25. The highest BCUT2D eigenvalue weighted by molar-refractivity contribution is 5.45. The Kier molecular flexibility index (Phi) is 2.97. The van der Waals surface area contributed by atoms with Crippen LogP contribution in [0, 0.1) is 0 Å². The zero-order chi connectivity index (χ0) is 14.2. The van der Waals surface area contributed by atoms with Gasteiger partial charge in [0, 0.05) is 29.7 Å². The molecule has 2 aromatic carbocycles. The van der Waals surface area contributed by atoms with E-state index < -0.39 is 0 Å². The first-order chi connectivity index (χ1) is 10.3. The monoisotopic (exact) mass is 283 g/mol. The maximum absolute atomic E-state index is 9.52. The summed E-state index contributed by atoms with van der Waals surface area (Å²) in [6, 6.07) is 13.9. The van der Waals surface area contributed by atoms with Crippen LogP contribution in [0.15, 0.2) is 42.5 Å². The maximum atomic E-state index is 9.52. The third-order valence-corrected chi connectivity index (χ3v) is 4.14. The molecule has 2 atom stereocenters. The van der Waals surface area contributed by atoms with E-state index in [0.717, 1.165) is 30.1 Å². The first kappa shape index (κ1) is 12.5. The Bertz CT molecular complexity index is 671. The summed E-state index contributed by atoms with van der Waals surface area (Å²) in [4.78, 5) is 0. The van der Waals surface area contributed by atoms with Crippen molar-refractivity contribution in [3.63, 3.8) is 0 Å². The second-order valence-corrected chi connectivity index (χ2v) is 5.48. The molecule has 2 aromatic rings. The van der Waals surface area contributed by atoms with Crippen molar-refractivity contribution >= 4 is 0 Å². The SMILES string of the molecule is Oc1ccc2c(c1)OCC2NC1CCOc2ccccc21. The molecule has 4 nitrogen and oxygen atoms in total. The van der Waals surface area contributed by atoms with Crippen molar-refractivity contribution in [3.05, 3.63) is 53.6 Å². The zero-order valence-electron chi connectivity index (χ0n) is 11.6. The van der Waals surface area contributed by atoms with E-state index in [1.54, 1.807) is 12.1 Å². The topological polar surface area (TPSA) is 50.7 Å². The number of phenolic OH excluding ortho intramolecular Hbond substituents is 1. The third-order valence-electron chi connectivity index (χ3n) is 4.14. The number of ether oxygens (including phenoxy) is 2. The van der Waals surface area contributed by atoms with E-state index in [4.69, 9.17) is 9.47 Å². The van der Waals surface area contributed by atoms with Gasteiger partial charge in [-0.05, 0) is 18.2 Å². The molecule has 4 heteroatoms. The van der Waals surface area contributed by atoms with Crippen LogP contribution in [0.5, 0.6) is 17.2 Å². The van der Waals surface area contributed by atoms with Gasteiger partial charge in [-0.25, -0.2) is 0 Å². The summed E-state index contributed by atoms with van der Waals surface area (Å²) >= 11 is 0. The van der Waals surface area contributed by atoms with Crippen molar-refractivity contribution in [1.82, 2.24) is 5.32 Å². The summed E-state index contributed by atoms with van der Waals surface area (Å²) in [5.41, 5.74) is 2.31. The van der Waals surface area contributed by atoms with Crippen molar-refractivity contribution in [1.29, 1.82) is 0 Å². The number of aromatic hydroxyl groups is 1. The van der Waals surface area contributed by atoms with E-state index in [1.165, 1.54) is 5.56 Å². The molecule has 0 spiro atoms. The van der Waals surface area contributed by atoms with E-state index in [0.29, 0.717) is 6.61 Å². The lowest BCUT2D eigenvalue weighted by Crippen LogP contribution is -2.31. The number of para-hydroxylation sites is 1. The summed E-state index contributed by atoms with van der Waals surface area (Å²) in [7, 11) is 0. The highest BCUT2D eigenvalue weighted by atomic mass is 16.5. The van der Waals surface area contributed by atoms with E-state index in [9.17, 15) is 5.11 Å². The van der Waals surface area contributed by atoms with E-state index >= 15 is 0 Å². The smallest absolute Gasteiger partial charge is 0.127 e. The van der Waals surface area contributed by atoms with Gasteiger partial charge in [0.2, 0.25) is 0 Å². The molecular formula is C17H17NO3. The van der Waals surface area contributed by atoms with Crippen LogP contribution in [0.3, 0.4) is 0 Å². The quantitative estimate of drug-likeness (QED) is 0.889. The Morgan fingerprint density at radius 1 is 0.952 bits per heavy atom. The summed E-state index contributed by atoms with van der Waals surface area (Å²) < 4.78 is 11.4. The van der Waals surface area contributed by atoms with Gasteiger partial charge in [-0.3, -0.25) is 5.32 Å². The molecule has 0 bridgehead atoms. The number of hydrogen-bond acceptors (Lipinski definition) is 4. The largest absolute Gasteiger partial charge is 0.508 e. The number of rotatable bonds is 2. The third kappa shape index (κ3) is 2.21. The Morgan fingerprint density at radius 3 is 2.76 bits per heavy atom. The summed E-state index contributed by atoms with van der Waals surface area (Å²) in [5, 5.41) is 13.2. The first-order valence-corrected chi connectivity index (χ1v) is 7.25. The molecule has 2 aliphatic rings. The fraction of sp³-hybridized carbons (Fsp3) is 0.294. The van der Waals surface area contributed by atoms with Gasteiger partial charge >= 0.3 is 0 Å². The number of hydrogen-bond donors (Lipinski definition) is 2. The molecule has 2 heterocycles. The Balaban J connectivity index is 1.59. The second-order valence-electron chi connectivity index (χ2n) is 5.48. The summed E-state index contributed by atoms with van der Waals surface area (Å²) in [5.74, 6) is 1.98. The van der Waals surface area contributed by atoms with Gasteiger partial charge in [-0.2, -0.15) is 0 Å². The molecule has 2 unspecified atom stereocenters. The fourth-order valence-electron chi connectivity index (χ4n) is 3.09. The standard InChI is InChI=1S/C17H17NO3/c19-11-5-6-13-15(10-21-17(13)9-11)18-14-7-8-20-16-4-2-1-3-12(14)16/h1-6,9,14-15,18-19H,7-8,10H2. The molecule has 0 radical (unpaired) electrons. The minimum atomic E-state index is 0.150. The molecule has 2 aliphatic heterocycles. The van der Waals surface area contributed by atoms with E-state index in [1.807, 2.05) is 24.3 Å². The van der Waals surface area contributed by atoms with Crippen LogP contribution >= 0.6 is 0 Å². The van der Waals surface area contributed by atoms with Crippen LogP contribution in [0.4, 0.5) is 0 Å². The van der Waals surface area contributed by atoms with Crippen molar-refractivity contribution in [2.24, 2.45) is 0 Å². The van der Waals surface area contributed by atoms with Gasteiger partial charge in [-0.1, -0.05) is 18.2 Å². The minimum Gasteiger partial charge on any atom is -0.508 e. The molecular weight excluding hydrogens is 266 g/mol. The zero-order valence-corrected chi connectivity index (χ0v) is 11.6. The molecule has 108 valence electrons. The lowest BCUT2D eigenvalue weighted by atomic mass is 9.98. The molecule has 0 saturated carbocycles. The Hall–Kier alpha value is -2.20. The van der Waals surface area contributed by atoms with Gasteiger partial charge in [0.15, 0.2) is 0 Å².